The smallest absolute Gasteiger partial charge is 0.251 e. The Bertz CT molecular complexity index is 470. The van der Waals surface area contributed by atoms with Gasteiger partial charge in [-0.3, -0.25) is 4.79 Å². The van der Waals surface area contributed by atoms with Gasteiger partial charge in [-0.2, -0.15) is 0 Å². The first-order valence-electron chi connectivity index (χ1n) is 7.74. The van der Waals surface area contributed by atoms with Gasteiger partial charge in [0.25, 0.3) is 5.91 Å². The molecule has 110 valence electrons. The second kappa shape index (κ2) is 6.78. The lowest BCUT2D eigenvalue weighted by atomic mass is 9.84. The minimum absolute atomic E-state index is 0.0128. The van der Waals surface area contributed by atoms with Gasteiger partial charge in [-0.15, -0.1) is 0 Å². The van der Waals surface area contributed by atoms with Crippen LogP contribution in [-0.4, -0.2) is 19.0 Å². The monoisotopic (exact) mass is 274 g/mol. The minimum atomic E-state index is -0.0128. The number of benzene rings is 1. The maximum absolute atomic E-state index is 11.8. The van der Waals surface area contributed by atoms with E-state index < -0.39 is 0 Å². The first-order chi connectivity index (χ1) is 9.65. The van der Waals surface area contributed by atoms with E-state index in [1.165, 1.54) is 32.1 Å². The third-order valence-corrected chi connectivity index (χ3v) is 4.53. The molecular formula is C17H26N2O. The summed E-state index contributed by atoms with van der Waals surface area (Å²) >= 11 is 0. The van der Waals surface area contributed by atoms with Gasteiger partial charge in [0, 0.05) is 24.3 Å². The number of hydrogen-bond acceptors (Lipinski definition) is 2. The lowest BCUT2D eigenvalue weighted by molar-refractivity contribution is 0.0962. The van der Waals surface area contributed by atoms with E-state index in [4.69, 9.17) is 0 Å². The molecule has 3 heteroatoms. The van der Waals surface area contributed by atoms with Gasteiger partial charge in [-0.1, -0.05) is 32.3 Å². The summed E-state index contributed by atoms with van der Waals surface area (Å²) < 4.78 is 0. The molecule has 1 amide bonds. The van der Waals surface area contributed by atoms with Gasteiger partial charge in [0.15, 0.2) is 0 Å². The zero-order chi connectivity index (χ0) is 14.5. The van der Waals surface area contributed by atoms with Crippen LogP contribution in [0.3, 0.4) is 0 Å². The van der Waals surface area contributed by atoms with Crippen LogP contribution < -0.4 is 10.6 Å². The molecule has 1 saturated carbocycles. The van der Waals surface area contributed by atoms with Crippen molar-refractivity contribution in [3.8, 4) is 0 Å². The van der Waals surface area contributed by atoms with E-state index in [1.54, 1.807) is 7.05 Å². The van der Waals surface area contributed by atoms with Crippen LogP contribution in [0.1, 0.15) is 54.9 Å². The first-order valence-corrected chi connectivity index (χ1v) is 7.74. The molecule has 1 aliphatic rings. The molecule has 2 N–H and O–H groups in total. The van der Waals surface area contributed by atoms with Crippen LogP contribution in [0.15, 0.2) is 18.2 Å². The van der Waals surface area contributed by atoms with Gasteiger partial charge >= 0.3 is 0 Å². The van der Waals surface area contributed by atoms with Gasteiger partial charge in [0.05, 0.1) is 0 Å². The zero-order valence-electron chi connectivity index (χ0n) is 12.8. The molecule has 20 heavy (non-hydrogen) atoms. The largest absolute Gasteiger partial charge is 0.382 e. The predicted octanol–water partition coefficient (Wildman–Crippen LogP) is 3.74. The van der Waals surface area contributed by atoms with Gasteiger partial charge in [-0.25, -0.2) is 0 Å². The molecule has 1 aliphatic carbocycles. The van der Waals surface area contributed by atoms with E-state index in [0.717, 1.165) is 22.7 Å². The second-order valence-corrected chi connectivity index (χ2v) is 5.84. The van der Waals surface area contributed by atoms with E-state index in [1.807, 2.05) is 19.1 Å². The van der Waals surface area contributed by atoms with Crippen molar-refractivity contribution in [2.24, 2.45) is 5.92 Å². The lowest BCUT2D eigenvalue weighted by Crippen LogP contribution is -2.28. The molecule has 1 fully saturated rings. The third kappa shape index (κ3) is 3.33. The average Bonchev–Trinajstić information content (AvgIpc) is 2.49. The number of carbonyl (C=O) groups excluding carboxylic acids is 1. The summed E-state index contributed by atoms with van der Waals surface area (Å²) in [4.78, 5) is 11.8. The molecule has 2 unspecified atom stereocenters. The molecule has 0 spiro atoms. The highest BCUT2D eigenvalue weighted by molar-refractivity contribution is 5.96. The maximum Gasteiger partial charge on any atom is 0.251 e. The molecule has 0 heterocycles. The normalized spacial score (nSPS) is 22.4. The van der Waals surface area contributed by atoms with Crippen LogP contribution in [0.25, 0.3) is 0 Å². The molecule has 0 aliphatic heterocycles. The number of anilines is 1. The highest BCUT2D eigenvalue weighted by Gasteiger charge is 2.21. The number of hydrogen-bond donors (Lipinski definition) is 2. The Labute approximate surface area is 122 Å². The summed E-state index contributed by atoms with van der Waals surface area (Å²) in [5.41, 5.74) is 2.92. The van der Waals surface area contributed by atoms with E-state index >= 15 is 0 Å². The van der Waals surface area contributed by atoms with E-state index in [2.05, 4.69) is 23.6 Å². The fourth-order valence-electron chi connectivity index (χ4n) is 3.19. The Hall–Kier alpha value is -1.51. The lowest BCUT2D eigenvalue weighted by Gasteiger charge is -2.30. The zero-order valence-corrected chi connectivity index (χ0v) is 12.8. The van der Waals surface area contributed by atoms with Gasteiger partial charge in [0.2, 0.25) is 0 Å². The Balaban J connectivity index is 2.11. The van der Waals surface area contributed by atoms with Crippen molar-refractivity contribution >= 4 is 11.6 Å². The fourth-order valence-corrected chi connectivity index (χ4v) is 3.19. The number of rotatable bonds is 4. The Morgan fingerprint density at radius 2 is 2.15 bits per heavy atom. The van der Waals surface area contributed by atoms with Crippen molar-refractivity contribution < 1.29 is 4.79 Å². The van der Waals surface area contributed by atoms with E-state index in [-0.39, 0.29) is 5.91 Å². The standard InChI is InChI=1S/C17H26N2O/c1-4-13-7-5-8-14(11-13)19-16-10-6-9-15(12(16)2)17(20)18-3/h6,9-10,13-14,19H,4-5,7-8,11H2,1-3H3,(H,18,20). The second-order valence-electron chi connectivity index (χ2n) is 5.84. The summed E-state index contributed by atoms with van der Waals surface area (Å²) in [6, 6.07) is 6.47. The summed E-state index contributed by atoms with van der Waals surface area (Å²) in [7, 11) is 1.68. The van der Waals surface area contributed by atoms with Crippen molar-refractivity contribution in [2.45, 2.75) is 52.0 Å². The number of nitrogens with one attached hydrogen (secondary N) is 2. The SMILES string of the molecule is CCC1CCCC(Nc2cccc(C(=O)NC)c2C)C1. The Kier molecular flexibility index (Phi) is 5.05. The summed E-state index contributed by atoms with van der Waals surface area (Å²) in [6.45, 7) is 4.30. The molecule has 0 radical (unpaired) electrons. The molecule has 1 aromatic rings. The fraction of sp³-hybridized carbons (Fsp3) is 0.588. The van der Waals surface area contributed by atoms with Crippen molar-refractivity contribution in [1.82, 2.24) is 5.32 Å². The third-order valence-electron chi connectivity index (χ3n) is 4.53. The summed E-state index contributed by atoms with van der Waals surface area (Å²) in [5, 5.41) is 6.36. The van der Waals surface area contributed by atoms with Crippen LogP contribution in [0, 0.1) is 12.8 Å². The molecule has 1 aromatic carbocycles. The molecule has 2 atom stereocenters. The Morgan fingerprint density at radius 1 is 1.35 bits per heavy atom. The molecule has 0 bridgehead atoms. The van der Waals surface area contributed by atoms with Crippen LogP contribution in [0.4, 0.5) is 5.69 Å². The maximum atomic E-state index is 11.8. The van der Waals surface area contributed by atoms with Crippen LogP contribution in [-0.2, 0) is 0 Å². The first kappa shape index (κ1) is 14.9. The number of carbonyl (C=O) groups is 1. The van der Waals surface area contributed by atoms with Crippen molar-refractivity contribution in [2.75, 3.05) is 12.4 Å². The van der Waals surface area contributed by atoms with Crippen molar-refractivity contribution in [3.63, 3.8) is 0 Å². The topological polar surface area (TPSA) is 41.1 Å². The van der Waals surface area contributed by atoms with Crippen molar-refractivity contribution in [3.05, 3.63) is 29.3 Å². The molecule has 2 rings (SSSR count). The van der Waals surface area contributed by atoms with E-state index in [9.17, 15) is 4.79 Å². The molecular weight excluding hydrogens is 248 g/mol. The number of amides is 1. The average molecular weight is 274 g/mol. The molecule has 0 aromatic heterocycles. The van der Waals surface area contributed by atoms with Crippen molar-refractivity contribution in [1.29, 1.82) is 0 Å². The molecule has 3 nitrogen and oxygen atoms in total. The minimum Gasteiger partial charge on any atom is -0.382 e. The summed E-state index contributed by atoms with van der Waals surface area (Å²) in [6.07, 6.45) is 6.44. The van der Waals surface area contributed by atoms with E-state index in [0.29, 0.717) is 6.04 Å². The van der Waals surface area contributed by atoms with Gasteiger partial charge < -0.3 is 10.6 Å². The van der Waals surface area contributed by atoms with Crippen LogP contribution in [0.2, 0.25) is 0 Å². The van der Waals surface area contributed by atoms with Crippen LogP contribution in [0.5, 0.6) is 0 Å². The van der Waals surface area contributed by atoms with Crippen LogP contribution >= 0.6 is 0 Å². The quantitative estimate of drug-likeness (QED) is 0.878. The highest BCUT2D eigenvalue weighted by Crippen LogP contribution is 2.30. The molecule has 0 saturated heterocycles. The Morgan fingerprint density at radius 3 is 2.85 bits per heavy atom. The summed E-state index contributed by atoms with van der Waals surface area (Å²) in [5.74, 6) is 0.838. The van der Waals surface area contributed by atoms with Gasteiger partial charge in [-0.05, 0) is 43.4 Å². The predicted molar refractivity (Wildman–Crippen MR) is 84.2 cm³/mol. The highest BCUT2D eigenvalue weighted by atomic mass is 16.1. The van der Waals surface area contributed by atoms with Gasteiger partial charge in [0.1, 0.15) is 0 Å².